The molecule has 0 unspecified atom stereocenters. The maximum absolute atomic E-state index is 10.8. The van der Waals surface area contributed by atoms with Crippen LogP contribution >= 0.6 is 0 Å². The molecule has 0 saturated carbocycles. The second-order valence-corrected chi connectivity index (χ2v) is 5.35. The lowest BCUT2D eigenvalue weighted by atomic mass is 10.5. The Morgan fingerprint density at radius 3 is 2.60 bits per heavy atom. The van der Waals surface area contributed by atoms with Crippen LogP contribution in [0.5, 0.6) is 0 Å². The Hall–Kier alpha value is -1.57. The van der Waals surface area contributed by atoms with Crippen molar-refractivity contribution >= 4 is 27.4 Å². The number of nitrogens with one attached hydrogen (secondary N) is 1. The van der Waals surface area contributed by atoms with Crippen molar-refractivity contribution in [2.24, 2.45) is 0 Å². The number of hydrogen-bond donors (Lipinski definition) is 3. The molecule has 0 aliphatic heterocycles. The Bertz CT molecular complexity index is 424. The third-order valence-corrected chi connectivity index (χ3v) is 2.49. The fraction of sp³-hybridized carbons (Fsp3) is 0.429. The molecule has 8 heteroatoms. The highest BCUT2D eigenvalue weighted by Crippen LogP contribution is 2.08. The molecule has 0 radical (unpaired) electrons. The van der Waals surface area contributed by atoms with Gasteiger partial charge >= 0.3 is 0 Å². The number of anilines is 3. The lowest BCUT2D eigenvalue weighted by molar-refractivity contribution is 0.602. The summed E-state index contributed by atoms with van der Waals surface area (Å²) < 4.78 is 21.7. The van der Waals surface area contributed by atoms with Gasteiger partial charge in [-0.25, -0.2) is 8.42 Å². The van der Waals surface area contributed by atoms with Crippen molar-refractivity contribution in [1.29, 1.82) is 0 Å². The highest BCUT2D eigenvalue weighted by Gasteiger charge is 2.03. The number of nitrogen functional groups attached to an aromatic ring is 2. The Balaban J connectivity index is 2.58. The monoisotopic (exact) mass is 231 g/mol. The van der Waals surface area contributed by atoms with E-state index in [-0.39, 0.29) is 24.1 Å². The van der Waals surface area contributed by atoms with Gasteiger partial charge in [-0.05, 0) is 0 Å². The van der Waals surface area contributed by atoms with E-state index in [1.807, 2.05) is 0 Å². The molecule has 1 aromatic rings. The zero-order valence-electron chi connectivity index (χ0n) is 8.27. The number of nitrogens with two attached hydrogens (primary N) is 2. The number of hydrogen-bond acceptors (Lipinski definition) is 7. The number of sulfone groups is 1. The summed E-state index contributed by atoms with van der Waals surface area (Å²) in [6.07, 6.45) is 1.16. The van der Waals surface area contributed by atoms with E-state index in [0.29, 0.717) is 5.82 Å². The van der Waals surface area contributed by atoms with Crippen LogP contribution in [0.3, 0.4) is 0 Å². The standard InChI is InChI=1S/C7H13N5O2S/c1-15(13,14)3-2-10-6-4-5(8)11-7(9)12-6/h4H,2-3H2,1H3,(H5,8,9,10,11,12). The van der Waals surface area contributed by atoms with Crippen molar-refractivity contribution in [1.82, 2.24) is 9.97 Å². The maximum Gasteiger partial charge on any atom is 0.223 e. The van der Waals surface area contributed by atoms with Gasteiger partial charge in [0.15, 0.2) is 0 Å². The van der Waals surface area contributed by atoms with Crippen LogP contribution in [0.25, 0.3) is 0 Å². The van der Waals surface area contributed by atoms with Gasteiger partial charge in [-0.15, -0.1) is 0 Å². The van der Waals surface area contributed by atoms with E-state index in [9.17, 15) is 8.42 Å². The summed E-state index contributed by atoms with van der Waals surface area (Å²) in [6.45, 7) is 0.259. The third-order valence-electron chi connectivity index (χ3n) is 1.54. The second kappa shape index (κ2) is 4.30. The van der Waals surface area contributed by atoms with E-state index in [0.717, 1.165) is 6.26 Å². The number of nitrogens with zero attached hydrogens (tertiary/aromatic N) is 2. The predicted molar refractivity (Wildman–Crippen MR) is 59.1 cm³/mol. The summed E-state index contributed by atoms with van der Waals surface area (Å²) in [7, 11) is -2.98. The smallest absolute Gasteiger partial charge is 0.223 e. The summed E-state index contributed by atoms with van der Waals surface area (Å²) in [4.78, 5) is 7.51. The van der Waals surface area contributed by atoms with Gasteiger partial charge in [0.05, 0.1) is 5.75 Å². The van der Waals surface area contributed by atoms with Crippen LogP contribution in [0.2, 0.25) is 0 Å². The highest BCUT2D eigenvalue weighted by atomic mass is 32.2. The van der Waals surface area contributed by atoms with E-state index in [1.165, 1.54) is 6.07 Å². The van der Waals surface area contributed by atoms with E-state index >= 15 is 0 Å². The van der Waals surface area contributed by atoms with E-state index in [1.54, 1.807) is 0 Å². The first-order valence-electron chi connectivity index (χ1n) is 4.18. The molecule has 0 aliphatic rings. The molecule has 7 nitrogen and oxygen atoms in total. The average Bonchev–Trinajstić information content (AvgIpc) is 1.99. The molecule has 0 fully saturated rings. The average molecular weight is 231 g/mol. The molecule has 1 aromatic heterocycles. The van der Waals surface area contributed by atoms with Crippen molar-refractivity contribution in [3.8, 4) is 0 Å². The normalized spacial score (nSPS) is 11.3. The summed E-state index contributed by atoms with van der Waals surface area (Å²) in [5.41, 5.74) is 10.8. The molecule has 0 aliphatic carbocycles. The first kappa shape index (κ1) is 11.5. The van der Waals surface area contributed by atoms with Crippen molar-refractivity contribution in [2.45, 2.75) is 0 Å². The topological polar surface area (TPSA) is 124 Å². The summed E-state index contributed by atoms with van der Waals surface area (Å²) in [5.74, 6) is 0.737. The van der Waals surface area contributed by atoms with Gasteiger partial charge in [0.25, 0.3) is 0 Å². The molecular formula is C7H13N5O2S. The molecule has 0 amide bonds. The lowest BCUT2D eigenvalue weighted by Crippen LogP contribution is -2.15. The molecule has 0 aromatic carbocycles. The van der Waals surface area contributed by atoms with Gasteiger partial charge in [-0.2, -0.15) is 9.97 Å². The molecule has 5 N–H and O–H groups in total. The Morgan fingerprint density at radius 2 is 2.07 bits per heavy atom. The third kappa shape index (κ3) is 4.45. The van der Waals surface area contributed by atoms with Crippen molar-refractivity contribution < 1.29 is 8.42 Å². The Morgan fingerprint density at radius 1 is 1.40 bits per heavy atom. The predicted octanol–water partition coefficient (Wildman–Crippen LogP) is -0.902. The van der Waals surface area contributed by atoms with Crippen LogP contribution in [-0.2, 0) is 9.84 Å². The van der Waals surface area contributed by atoms with Crippen molar-refractivity contribution in [3.63, 3.8) is 0 Å². The first-order chi connectivity index (χ1) is 6.87. The van der Waals surface area contributed by atoms with Crippen molar-refractivity contribution in [2.75, 3.05) is 35.3 Å². The fourth-order valence-corrected chi connectivity index (χ4v) is 1.41. The molecule has 1 heterocycles. The molecule has 0 bridgehead atoms. The largest absolute Gasteiger partial charge is 0.383 e. The van der Waals surface area contributed by atoms with Gasteiger partial charge in [0, 0.05) is 18.9 Å². The van der Waals surface area contributed by atoms with Gasteiger partial charge in [0.2, 0.25) is 5.95 Å². The van der Waals surface area contributed by atoms with Gasteiger partial charge in [-0.1, -0.05) is 0 Å². The molecule has 15 heavy (non-hydrogen) atoms. The fourth-order valence-electron chi connectivity index (χ4n) is 0.940. The first-order valence-corrected chi connectivity index (χ1v) is 6.24. The quantitative estimate of drug-likeness (QED) is 0.613. The summed E-state index contributed by atoms with van der Waals surface area (Å²) in [6, 6.07) is 1.48. The Labute approximate surface area is 87.8 Å². The van der Waals surface area contributed by atoms with Crippen LogP contribution in [0.4, 0.5) is 17.6 Å². The molecule has 0 saturated heterocycles. The SMILES string of the molecule is CS(=O)(=O)CCNc1cc(N)nc(N)n1. The van der Waals surface area contributed by atoms with Gasteiger partial charge < -0.3 is 16.8 Å². The minimum absolute atomic E-state index is 0.0246. The molecule has 1 rings (SSSR count). The molecule has 84 valence electrons. The minimum Gasteiger partial charge on any atom is -0.383 e. The van der Waals surface area contributed by atoms with Crippen LogP contribution in [-0.4, -0.2) is 36.9 Å². The van der Waals surface area contributed by atoms with Crippen LogP contribution < -0.4 is 16.8 Å². The molecule has 0 atom stereocenters. The van der Waals surface area contributed by atoms with Crippen LogP contribution in [0, 0.1) is 0 Å². The number of rotatable bonds is 4. The highest BCUT2D eigenvalue weighted by molar-refractivity contribution is 7.90. The van der Waals surface area contributed by atoms with E-state index < -0.39 is 9.84 Å². The van der Waals surface area contributed by atoms with Crippen molar-refractivity contribution in [3.05, 3.63) is 6.07 Å². The second-order valence-electron chi connectivity index (χ2n) is 3.09. The minimum atomic E-state index is -2.98. The van der Waals surface area contributed by atoms with Crippen LogP contribution in [0.15, 0.2) is 6.07 Å². The summed E-state index contributed by atoms with van der Waals surface area (Å²) in [5, 5.41) is 2.79. The summed E-state index contributed by atoms with van der Waals surface area (Å²) >= 11 is 0. The number of aromatic nitrogens is 2. The van der Waals surface area contributed by atoms with Crippen LogP contribution in [0.1, 0.15) is 0 Å². The lowest BCUT2D eigenvalue weighted by Gasteiger charge is -2.05. The van der Waals surface area contributed by atoms with Gasteiger partial charge in [-0.3, -0.25) is 0 Å². The zero-order chi connectivity index (χ0) is 11.5. The van der Waals surface area contributed by atoms with E-state index in [2.05, 4.69) is 15.3 Å². The molecular weight excluding hydrogens is 218 g/mol. The van der Waals surface area contributed by atoms with Gasteiger partial charge in [0.1, 0.15) is 21.5 Å². The zero-order valence-corrected chi connectivity index (χ0v) is 9.08. The molecule has 0 spiro atoms. The Kier molecular flexibility index (Phi) is 3.30. The maximum atomic E-state index is 10.8. The van der Waals surface area contributed by atoms with E-state index in [4.69, 9.17) is 11.5 Å².